The van der Waals surface area contributed by atoms with Gasteiger partial charge in [0.15, 0.2) is 18.1 Å². The van der Waals surface area contributed by atoms with Crippen LogP contribution in [0.5, 0.6) is 17.2 Å². The quantitative estimate of drug-likeness (QED) is 0.418. The molecule has 0 aliphatic carbocycles. The van der Waals surface area contributed by atoms with Gasteiger partial charge in [0, 0.05) is 31.5 Å². The van der Waals surface area contributed by atoms with Crippen molar-refractivity contribution in [1.82, 2.24) is 15.5 Å². The van der Waals surface area contributed by atoms with E-state index in [1.165, 1.54) is 14.2 Å². The first-order valence-corrected chi connectivity index (χ1v) is 14.8. The second-order valence-corrected chi connectivity index (χ2v) is 11.1. The first-order valence-electron chi connectivity index (χ1n) is 14.8. The van der Waals surface area contributed by atoms with Gasteiger partial charge >= 0.3 is 5.97 Å². The predicted molar refractivity (Wildman–Crippen MR) is 165 cm³/mol. The Kier molecular flexibility index (Phi) is 9.86. The molecule has 45 heavy (non-hydrogen) atoms. The van der Waals surface area contributed by atoms with Crippen LogP contribution in [0.4, 0.5) is 0 Å². The summed E-state index contributed by atoms with van der Waals surface area (Å²) in [5.41, 5.74) is 3.88. The molecular weight excluding hydrogens is 578 g/mol. The Morgan fingerprint density at radius 2 is 1.82 bits per heavy atom. The van der Waals surface area contributed by atoms with Gasteiger partial charge in [-0.25, -0.2) is 0 Å². The van der Waals surface area contributed by atoms with Crippen LogP contribution in [0.15, 0.2) is 60.7 Å². The zero-order valence-electron chi connectivity index (χ0n) is 25.6. The van der Waals surface area contributed by atoms with E-state index in [4.69, 9.17) is 14.2 Å². The summed E-state index contributed by atoms with van der Waals surface area (Å²) in [6.45, 7) is 2.51. The van der Waals surface area contributed by atoms with E-state index in [1.54, 1.807) is 29.2 Å². The lowest BCUT2D eigenvalue weighted by atomic mass is 9.97. The molecular formula is C34H37N3O8. The van der Waals surface area contributed by atoms with Gasteiger partial charge in [0.25, 0.3) is 11.8 Å². The summed E-state index contributed by atoms with van der Waals surface area (Å²) in [6, 6.07) is 17.6. The molecule has 3 aromatic carbocycles. The van der Waals surface area contributed by atoms with Crippen molar-refractivity contribution in [2.45, 2.75) is 44.9 Å². The molecule has 2 atom stereocenters. The highest BCUT2D eigenvalue weighted by atomic mass is 16.5. The maximum atomic E-state index is 13.7. The standard InChI is InChI=1S/C34H37N3O8/c1-21-10-12-24-16-26(21)23-6-4-7-25(15-23)44-20-31(38)35-17-22-11-13-28(29(14-22)42-2)45-30-19-37(18-27(30)36-34(24)41)32(39)8-5-9-33(40)43-3/h4,6-7,10-16,27,30H,5,8-9,17-20H2,1-3H3,(H,35,38)(H,36,41)/t27-,30-/m0/s1. The molecule has 11 nitrogen and oxygen atoms in total. The zero-order valence-corrected chi connectivity index (χ0v) is 25.6. The summed E-state index contributed by atoms with van der Waals surface area (Å²) in [5, 5.41) is 5.95. The van der Waals surface area contributed by atoms with Gasteiger partial charge in [-0.3, -0.25) is 19.2 Å². The Labute approximate surface area is 261 Å². The van der Waals surface area contributed by atoms with Crippen LogP contribution in [0.25, 0.3) is 11.1 Å². The summed E-state index contributed by atoms with van der Waals surface area (Å²) < 4.78 is 22.4. The van der Waals surface area contributed by atoms with E-state index in [9.17, 15) is 19.2 Å². The molecule has 0 unspecified atom stereocenters. The molecule has 11 heteroatoms. The molecule has 6 bridgehead atoms. The van der Waals surface area contributed by atoms with E-state index in [2.05, 4.69) is 15.4 Å². The molecule has 0 radical (unpaired) electrons. The van der Waals surface area contributed by atoms with Gasteiger partial charge in [-0.2, -0.15) is 0 Å². The van der Waals surface area contributed by atoms with E-state index in [1.807, 2.05) is 43.3 Å². The molecule has 3 aliphatic heterocycles. The Hall–Kier alpha value is -5.06. The highest BCUT2D eigenvalue weighted by molar-refractivity contribution is 5.96. The van der Waals surface area contributed by atoms with E-state index in [-0.39, 0.29) is 62.8 Å². The summed E-state index contributed by atoms with van der Waals surface area (Å²) in [4.78, 5) is 52.5. The predicted octanol–water partition coefficient (Wildman–Crippen LogP) is 3.41. The molecule has 0 spiro atoms. The number of carbonyl (C=O) groups is 4. The van der Waals surface area contributed by atoms with Gasteiger partial charge in [-0.15, -0.1) is 0 Å². The lowest BCUT2D eigenvalue weighted by Crippen LogP contribution is -2.45. The maximum absolute atomic E-state index is 13.7. The van der Waals surface area contributed by atoms with E-state index in [0.29, 0.717) is 29.2 Å². The SMILES string of the molecule is COC(=O)CCCC(=O)N1C[C@@H]2NC(=O)c3ccc(C)c(c3)-c3cccc(c3)OCC(=O)NCc3ccc(c(OC)c3)O[C@H]2C1. The number of ether oxygens (including phenoxy) is 4. The normalized spacial score (nSPS) is 18.1. The summed E-state index contributed by atoms with van der Waals surface area (Å²) in [7, 11) is 2.83. The van der Waals surface area contributed by atoms with Crippen LogP contribution in [0.3, 0.4) is 0 Å². The van der Waals surface area contributed by atoms with Gasteiger partial charge in [-0.1, -0.05) is 24.3 Å². The van der Waals surface area contributed by atoms with Crippen molar-refractivity contribution in [1.29, 1.82) is 0 Å². The number of nitrogens with zero attached hydrogens (tertiary/aromatic N) is 1. The monoisotopic (exact) mass is 615 g/mol. The van der Waals surface area contributed by atoms with Crippen LogP contribution in [-0.2, 0) is 25.7 Å². The number of carbonyl (C=O) groups excluding carboxylic acids is 4. The number of benzene rings is 3. The fourth-order valence-corrected chi connectivity index (χ4v) is 5.44. The van der Waals surface area contributed by atoms with Crippen LogP contribution in [0.1, 0.15) is 40.7 Å². The molecule has 236 valence electrons. The van der Waals surface area contributed by atoms with Gasteiger partial charge < -0.3 is 34.5 Å². The van der Waals surface area contributed by atoms with Crippen molar-refractivity contribution in [3.05, 3.63) is 77.4 Å². The number of nitrogens with one attached hydrogen (secondary N) is 2. The topological polar surface area (TPSA) is 133 Å². The molecule has 3 aliphatic rings. The maximum Gasteiger partial charge on any atom is 0.305 e. The number of hydrogen-bond acceptors (Lipinski definition) is 8. The first kappa shape index (κ1) is 31.4. The van der Waals surface area contributed by atoms with Gasteiger partial charge in [0.05, 0.1) is 26.8 Å². The number of esters is 1. The summed E-state index contributed by atoms with van der Waals surface area (Å²) >= 11 is 0. The second kappa shape index (κ2) is 14.1. The van der Waals surface area contributed by atoms with Gasteiger partial charge in [0.2, 0.25) is 5.91 Å². The number of amides is 3. The lowest BCUT2D eigenvalue weighted by Gasteiger charge is -2.23. The van der Waals surface area contributed by atoms with E-state index >= 15 is 0 Å². The summed E-state index contributed by atoms with van der Waals surface area (Å²) in [6.07, 6.45) is 0.0816. The second-order valence-electron chi connectivity index (χ2n) is 11.1. The van der Waals surface area contributed by atoms with Crippen molar-refractivity contribution in [3.63, 3.8) is 0 Å². The van der Waals surface area contributed by atoms with Gasteiger partial charge in [0.1, 0.15) is 11.9 Å². The minimum atomic E-state index is -0.581. The van der Waals surface area contributed by atoms with Crippen molar-refractivity contribution >= 4 is 23.7 Å². The van der Waals surface area contributed by atoms with Crippen LogP contribution in [-0.4, -0.2) is 74.7 Å². The van der Waals surface area contributed by atoms with Gasteiger partial charge in [-0.05, 0) is 72.0 Å². The average Bonchev–Trinajstić information content (AvgIpc) is 3.44. The molecule has 2 N–H and O–H groups in total. The Morgan fingerprint density at radius 1 is 0.978 bits per heavy atom. The fourth-order valence-electron chi connectivity index (χ4n) is 5.44. The first-order chi connectivity index (χ1) is 21.7. The van der Waals surface area contributed by atoms with Crippen LogP contribution in [0.2, 0.25) is 0 Å². The largest absolute Gasteiger partial charge is 0.493 e. The van der Waals surface area contributed by atoms with Crippen molar-refractivity contribution < 1.29 is 38.1 Å². The van der Waals surface area contributed by atoms with Crippen LogP contribution in [0, 0.1) is 6.92 Å². The third-order valence-electron chi connectivity index (χ3n) is 7.95. The average molecular weight is 616 g/mol. The molecule has 6 rings (SSSR count). The number of hydrogen-bond donors (Lipinski definition) is 2. The van der Waals surface area contributed by atoms with Crippen LogP contribution < -0.4 is 24.8 Å². The Bertz CT molecular complexity index is 1590. The van der Waals surface area contributed by atoms with Crippen molar-refractivity contribution in [3.8, 4) is 28.4 Å². The minimum Gasteiger partial charge on any atom is -0.493 e. The number of rotatable bonds is 5. The minimum absolute atomic E-state index is 0.144. The molecule has 1 fully saturated rings. The molecule has 0 aromatic heterocycles. The van der Waals surface area contributed by atoms with Crippen LogP contribution >= 0.6 is 0 Å². The number of aryl methyl sites for hydroxylation is 1. The van der Waals surface area contributed by atoms with E-state index in [0.717, 1.165) is 22.3 Å². The van der Waals surface area contributed by atoms with Crippen molar-refractivity contribution in [2.75, 3.05) is 33.9 Å². The molecule has 3 aromatic rings. The Morgan fingerprint density at radius 3 is 2.62 bits per heavy atom. The molecule has 3 amide bonds. The third-order valence-corrected chi connectivity index (χ3v) is 7.95. The fraction of sp³-hybridized carbons (Fsp3) is 0.353. The summed E-state index contributed by atoms with van der Waals surface area (Å²) in [5.74, 6) is 0.298. The smallest absolute Gasteiger partial charge is 0.305 e. The van der Waals surface area contributed by atoms with E-state index < -0.39 is 12.1 Å². The number of likely N-dealkylation sites (tertiary alicyclic amines) is 1. The van der Waals surface area contributed by atoms with Crippen molar-refractivity contribution in [2.24, 2.45) is 0 Å². The zero-order chi connectivity index (χ0) is 31.9. The Balaban J connectivity index is 1.46. The number of methoxy groups -OCH3 is 2. The number of fused-ring (bicyclic) bond motifs is 7. The molecule has 1 saturated heterocycles. The lowest BCUT2D eigenvalue weighted by molar-refractivity contribution is -0.141. The highest BCUT2D eigenvalue weighted by Crippen LogP contribution is 2.32. The highest BCUT2D eigenvalue weighted by Gasteiger charge is 2.38. The molecule has 0 saturated carbocycles. The third kappa shape index (κ3) is 7.72. The molecule has 3 heterocycles.